The normalized spacial score (nSPS) is 10.5. The summed E-state index contributed by atoms with van der Waals surface area (Å²) < 4.78 is 21.7. The predicted octanol–water partition coefficient (Wildman–Crippen LogP) is 3.89. The molecule has 4 nitrogen and oxygen atoms in total. The van der Waals surface area contributed by atoms with Crippen molar-refractivity contribution in [2.45, 2.75) is 0 Å². The molecule has 0 saturated heterocycles. The molecule has 0 amide bonds. The van der Waals surface area contributed by atoms with E-state index in [2.05, 4.69) is 0 Å². The fourth-order valence-corrected chi connectivity index (χ4v) is 2.23. The molecule has 0 N–H and O–H groups in total. The van der Waals surface area contributed by atoms with E-state index in [1.807, 2.05) is 48.6 Å². The van der Waals surface area contributed by atoms with Crippen LogP contribution in [-0.2, 0) is 0 Å². The van der Waals surface area contributed by atoms with Gasteiger partial charge in [-0.05, 0) is 11.6 Å². The summed E-state index contributed by atoms with van der Waals surface area (Å²) in [5.74, 6) is 2.22. The lowest BCUT2D eigenvalue weighted by molar-refractivity contribution is 0.305. The fraction of sp³-hybridized carbons (Fsp3) is 0.222. The van der Waals surface area contributed by atoms with Crippen LogP contribution in [0.5, 0.6) is 23.0 Å². The van der Waals surface area contributed by atoms with Crippen LogP contribution in [0.15, 0.2) is 36.4 Å². The topological polar surface area (TPSA) is 36.9 Å². The molecular weight excluding hydrogens is 280 g/mol. The summed E-state index contributed by atoms with van der Waals surface area (Å²) in [4.78, 5) is 0. The molecule has 0 saturated carbocycles. The van der Waals surface area contributed by atoms with Gasteiger partial charge in [0, 0.05) is 5.56 Å². The number of benzene rings is 2. The summed E-state index contributed by atoms with van der Waals surface area (Å²) in [6.45, 7) is 0. The van der Waals surface area contributed by atoms with Gasteiger partial charge in [-0.25, -0.2) is 0 Å². The fourth-order valence-electron chi connectivity index (χ4n) is 2.23. The lowest BCUT2D eigenvalue weighted by Gasteiger charge is -2.17. The van der Waals surface area contributed by atoms with Crippen molar-refractivity contribution in [2.75, 3.05) is 28.4 Å². The maximum absolute atomic E-state index is 5.49. The van der Waals surface area contributed by atoms with E-state index in [-0.39, 0.29) is 0 Å². The quantitative estimate of drug-likeness (QED) is 0.758. The van der Waals surface area contributed by atoms with Gasteiger partial charge in [0.1, 0.15) is 0 Å². The Labute approximate surface area is 130 Å². The number of hydrogen-bond donors (Lipinski definition) is 0. The molecule has 0 spiro atoms. The second-order valence-electron chi connectivity index (χ2n) is 4.51. The van der Waals surface area contributed by atoms with Crippen LogP contribution in [-0.4, -0.2) is 28.4 Å². The minimum Gasteiger partial charge on any atom is -0.493 e. The molecule has 0 aliphatic carbocycles. The largest absolute Gasteiger partial charge is 0.493 e. The molecule has 0 radical (unpaired) electrons. The van der Waals surface area contributed by atoms with Crippen LogP contribution in [0, 0.1) is 0 Å². The zero-order chi connectivity index (χ0) is 15.9. The Bertz CT molecular complexity index is 648. The summed E-state index contributed by atoms with van der Waals surface area (Å²) in [5.41, 5.74) is 1.94. The van der Waals surface area contributed by atoms with Crippen molar-refractivity contribution >= 4 is 12.2 Å². The van der Waals surface area contributed by atoms with E-state index in [0.717, 1.165) is 11.1 Å². The standard InChI is InChI=1S/C18H20O4/c1-19-15-12-14(11-10-13-8-6-5-7-9-13)16(20-2)18(22-4)17(15)21-3/h5-12H,1-4H3/b11-10+. The molecule has 2 rings (SSSR count). The van der Waals surface area contributed by atoms with E-state index in [0.29, 0.717) is 23.0 Å². The number of ether oxygens (including phenoxy) is 4. The van der Waals surface area contributed by atoms with Crippen LogP contribution in [0.4, 0.5) is 0 Å². The molecule has 0 unspecified atom stereocenters. The first-order valence-corrected chi connectivity index (χ1v) is 6.85. The summed E-state index contributed by atoms with van der Waals surface area (Å²) in [5, 5.41) is 0. The van der Waals surface area contributed by atoms with Gasteiger partial charge in [-0.1, -0.05) is 42.5 Å². The average Bonchev–Trinajstić information content (AvgIpc) is 2.58. The van der Waals surface area contributed by atoms with Crippen molar-refractivity contribution in [1.82, 2.24) is 0 Å². The first-order chi connectivity index (χ1) is 10.7. The monoisotopic (exact) mass is 300 g/mol. The van der Waals surface area contributed by atoms with Gasteiger partial charge < -0.3 is 18.9 Å². The molecule has 0 atom stereocenters. The number of hydrogen-bond acceptors (Lipinski definition) is 4. The molecule has 2 aromatic rings. The first-order valence-electron chi connectivity index (χ1n) is 6.85. The molecule has 2 aromatic carbocycles. The Morgan fingerprint density at radius 3 is 1.86 bits per heavy atom. The van der Waals surface area contributed by atoms with E-state index in [1.54, 1.807) is 28.4 Å². The summed E-state index contributed by atoms with van der Waals surface area (Å²) in [6, 6.07) is 11.9. The molecule has 0 aromatic heterocycles. The van der Waals surface area contributed by atoms with Crippen molar-refractivity contribution < 1.29 is 18.9 Å². The Morgan fingerprint density at radius 2 is 1.32 bits per heavy atom. The molecular formula is C18H20O4. The molecule has 22 heavy (non-hydrogen) atoms. The molecule has 116 valence electrons. The van der Waals surface area contributed by atoms with Crippen molar-refractivity contribution in [1.29, 1.82) is 0 Å². The van der Waals surface area contributed by atoms with Crippen molar-refractivity contribution in [3.8, 4) is 23.0 Å². The molecule has 0 fully saturated rings. The van der Waals surface area contributed by atoms with Gasteiger partial charge in [-0.3, -0.25) is 0 Å². The van der Waals surface area contributed by atoms with Crippen LogP contribution in [0.25, 0.3) is 12.2 Å². The van der Waals surface area contributed by atoms with E-state index in [9.17, 15) is 0 Å². The van der Waals surface area contributed by atoms with E-state index in [4.69, 9.17) is 18.9 Å². The molecule has 0 heterocycles. The lowest BCUT2D eigenvalue weighted by atomic mass is 10.1. The van der Waals surface area contributed by atoms with Crippen LogP contribution in [0.1, 0.15) is 11.1 Å². The molecule has 0 aliphatic heterocycles. The summed E-state index contributed by atoms with van der Waals surface area (Å²) >= 11 is 0. The third-order valence-corrected chi connectivity index (χ3v) is 3.27. The van der Waals surface area contributed by atoms with Gasteiger partial charge in [0.2, 0.25) is 11.5 Å². The van der Waals surface area contributed by atoms with Gasteiger partial charge in [0.15, 0.2) is 11.5 Å². The Balaban J connectivity index is 2.52. The number of rotatable bonds is 6. The highest BCUT2D eigenvalue weighted by molar-refractivity contribution is 5.78. The summed E-state index contributed by atoms with van der Waals surface area (Å²) in [7, 11) is 6.34. The zero-order valence-corrected chi connectivity index (χ0v) is 13.3. The van der Waals surface area contributed by atoms with E-state index < -0.39 is 0 Å². The highest BCUT2D eigenvalue weighted by atomic mass is 16.5. The Hall–Kier alpha value is -2.62. The SMILES string of the molecule is COc1cc(/C=C/c2ccccc2)c(OC)c(OC)c1OC. The lowest BCUT2D eigenvalue weighted by Crippen LogP contribution is -1.99. The van der Waals surface area contributed by atoms with Crippen LogP contribution < -0.4 is 18.9 Å². The zero-order valence-electron chi connectivity index (χ0n) is 13.3. The maximum atomic E-state index is 5.49. The third kappa shape index (κ3) is 3.17. The van der Waals surface area contributed by atoms with Crippen molar-refractivity contribution in [2.24, 2.45) is 0 Å². The smallest absolute Gasteiger partial charge is 0.207 e. The van der Waals surface area contributed by atoms with Crippen LogP contribution >= 0.6 is 0 Å². The van der Waals surface area contributed by atoms with E-state index in [1.165, 1.54) is 0 Å². The molecule has 4 heteroatoms. The van der Waals surface area contributed by atoms with E-state index >= 15 is 0 Å². The highest BCUT2D eigenvalue weighted by Gasteiger charge is 2.20. The molecule has 0 aliphatic rings. The van der Waals surface area contributed by atoms with Crippen molar-refractivity contribution in [3.63, 3.8) is 0 Å². The first kappa shape index (κ1) is 15.8. The minimum absolute atomic E-state index is 0.511. The summed E-state index contributed by atoms with van der Waals surface area (Å²) in [6.07, 6.45) is 3.96. The van der Waals surface area contributed by atoms with Gasteiger partial charge in [-0.15, -0.1) is 0 Å². The second kappa shape index (κ2) is 7.41. The third-order valence-electron chi connectivity index (χ3n) is 3.27. The van der Waals surface area contributed by atoms with Crippen molar-refractivity contribution in [3.05, 3.63) is 47.5 Å². The van der Waals surface area contributed by atoms with Crippen LogP contribution in [0.2, 0.25) is 0 Å². The minimum atomic E-state index is 0.511. The maximum Gasteiger partial charge on any atom is 0.207 e. The number of methoxy groups -OCH3 is 4. The van der Waals surface area contributed by atoms with Gasteiger partial charge >= 0.3 is 0 Å². The Kier molecular flexibility index (Phi) is 5.31. The molecule has 0 bridgehead atoms. The Morgan fingerprint density at radius 1 is 0.682 bits per heavy atom. The van der Waals surface area contributed by atoms with Gasteiger partial charge in [-0.2, -0.15) is 0 Å². The highest BCUT2D eigenvalue weighted by Crippen LogP contribution is 2.47. The van der Waals surface area contributed by atoms with Gasteiger partial charge in [0.05, 0.1) is 28.4 Å². The average molecular weight is 300 g/mol. The van der Waals surface area contributed by atoms with Crippen LogP contribution in [0.3, 0.4) is 0 Å². The van der Waals surface area contributed by atoms with Gasteiger partial charge in [0.25, 0.3) is 0 Å². The predicted molar refractivity (Wildman–Crippen MR) is 88.0 cm³/mol. The second-order valence-corrected chi connectivity index (χ2v) is 4.51.